The lowest BCUT2D eigenvalue weighted by Crippen LogP contribution is -2.33. The van der Waals surface area contributed by atoms with E-state index in [4.69, 9.17) is 0 Å². The molecule has 1 amide bonds. The average molecular weight is 503 g/mol. The summed E-state index contributed by atoms with van der Waals surface area (Å²) in [7, 11) is -3.29. The smallest absolute Gasteiger partial charge is 0.257 e. The highest BCUT2D eigenvalue weighted by atomic mass is 32.2. The monoisotopic (exact) mass is 502 g/mol. The van der Waals surface area contributed by atoms with Crippen LogP contribution in [0, 0.1) is 11.8 Å². The first kappa shape index (κ1) is 23.7. The van der Waals surface area contributed by atoms with E-state index in [1.165, 1.54) is 11.3 Å². The summed E-state index contributed by atoms with van der Waals surface area (Å²) in [5, 5.41) is 25.2. The normalized spacial score (nSPS) is 21.4. The van der Waals surface area contributed by atoms with Gasteiger partial charge in [0.05, 0.1) is 22.4 Å². The molecule has 1 aromatic heterocycles. The number of allylic oxidation sites excluding steroid dienone is 1. The van der Waals surface area contributed by atoms with Crippen molar-refractivity contribution in [3.05, 3.63) is 47.0 Å². The van der Waals surface area contributed by atoms with Crippen molar-refractivity contribution in [3.8, 4) is 0 Å². The first-order valence-electron chi connectivity index (χ1n) is 12.0. The third kappa shape index (κ3) is 4.71. The molecule has 3 aliphatic carbocycles. The number of hydrogen-bond donors (Lipinski definition) is 3. The van der Waals surface area contributed by atoms with Gasteiger partial charge in [-0.15, -0.1) is 11.3 Å². The van der Waals surface area contributed by atoms with E-state index in [-0.39, 0.29) is 17.1 Å². The first-order chi connectivity index (χ1) is 16.3. The maximum Gasteiger partial charge on any atom is 0.257 e. The molecular formula is C25H30N2O5S2. The number of rotatable bonds is 9. The third-order valence-corrected chi connectivity index (χ3v) is 10.2. The van der Waals surface area contributed by atoms with Crippen LogP contribution in [0.3, 0.4) is 0 Å². The molecule has 2 aromatic rings. The third-order valence-electron chi connectivity index (χ3n) is 7.17. The summed E-state index contributed by atoms with van der Waals surface area (Å²) in [6, 6.07) is 6.61. The van der Waals surface area contributed by atoms with Crippen LogP contribution in [-0.4, -0.2) is 41.4 Å². The number of thiazole rings is 1. The SMILES string of the molecule is O=C(Nc1nc(C(O)(CO)C2CC2)cs1)C(=CC1CCCC1)c1ccc(S(=O)(=O)C2CC2)cc1. The number of anilines is 1. The summed E-state index contributed by atoms with van der Waals surface area (Å²) < 4.78 is 25.1. The summed E-state index contributed by atoms with van der Waals surface area (Å²) in [4.78, 5) is 18.0. The number of aromatic nitrogens is 1. The lowest BCUT2D eigenvalue weighted by atomic mass is 9.96. The van der Waals surface area contributed by atoms with Gasteiger partial charge in [0.1, 0.15) is 5.60 Å². The number of nitrogens with zero attached hydrogens (tertiary/aromatic N) is 1. The van der Waals surface area contributed by atoms with E-state index in [1.54, 1.807) is 29.6 Å². The van der Waals surface area contributed by atoms with Gasteiger partial charge in [0.2, 0.25) is 0 Å². The highest BCUT2D eigenvalue weighted by Gasteiger charge is 2.46. The quantitative estimate of drug-likeness (QED) is 0.448. The molecule has 1 aromatic carbocycles. The second-order valence-electron chi connectivity index (χ2n) is 9.74. The Kier molecular flexibility index (Phi) is 6.39. The Balaban J connectivity index is 1.39. The van der Waals surface area contributed by atoms with Crippen LogP contribution >= 0.6 is 11.3 Å². The first-order valence-corrected chi connectivity index (χ1v) is 14.4. The standard InChI is InChI=1S/C25H30N2O5S2/c28-15-25(30,18-7-8-18)22-14-33-24(26-22)27-23(29)21(13-16-3-1-2-4-16)17-5-9-19(10-6-17)34(31,32)20-11-12-20/h5-6,9-10,13-14,16,18,20,28,30H,1-4,7-8,11-12,15H2,(H,26,27,29). The van der Waals surface area contributed by atoms with Crippen molar-refractivity contribution < 1.29 is 23.4 Å². The summed E-state index contributed by atoms with van der Waals surface area (Å²) in [6.07, 6.45) is 9.41. The highest BCUT2D eigenvalue weighted by Crippen LogP contribution is 2.46. The topological polar surface area (TPSA) is 117 Å². The van der Waals surface area contributed by atoms with Crippen molar-refractivity contribution in [2.24, 2.45) is 11.8 Å². The fraction of sp³-hybridized carbons (Fsp3) is 0.520. The molecule has 3 N–H and O–H groups in total. The van der Waals surface area contributed by atoms with Crippen LogP contribution in [-0.2, 0) is 20.2 Å². The molecule has 0 bridgehead atoms. The van der Waals surface area contributed by atoms with Gasteiger partial charge in [0.25, 0.3) is 5.91 Å². The molecule has 9 heteroatoms. The van der Waals surface area contributed by atoms with Crippen molar-refractivity contribution >= 4 is 37.8 Å². The van der Waals surface area contributed by atoms with E-state index in [2.05, 4.69) is 10.3 Å². The predicted molar refractivity (Wildman–Crippen MR) is 131 cm³/mol. The van der Waals surface area contributed by atoms with Crippen LogP contribution in [0.4, 0.5) is 5.13 Å². The fourth-order valence-electron chi connectivity index (χ4n) is 4.73. The molecule has 1 atom stereocenters. The van der Waals surface area contributed by atoms with Gasteiger partial charge >= 0.3 is 0 Å². The number of nitrogens with one attached hydrogen (secondary N) is 1. The zero-order chi connectivity index (χ0) is 23.9. The van der Waals surface area contributed by atoms with Crippen molar-refractivity contribution in [3.63, 3.8) is 0 Å². The zero-order valence-electron chi connectivity index (χ0n) is 18.9. The Morgan fingerprint density at radius 2 is 1.79 bits per heavy atom. The maximum atomic E-state index is 13.3. The van der Waals surface area contributed by atoms with Crippen LogP contribution in [0.15, 0.2) is 40.6 Å². The van der Waals surface area contributed by atoms with Gasteiger partial charge < -0.3 is 10.2 Å². The molecule has 3 fully saturated rings. The Labute approximate surface area is 203 Å². The average Bonchev–Trinajstić information content (AvgIpc) is 3.77. The van der Waals surface area contributed by atoms with E-state index in [9.17, 15) is 23.4 Å². The summed E-state index contributed by atoms with van der Waals surface area (Å²) in [6.45, 7) is -0.405. The van der Waals surface area contributed by atoms with Crippen LogP contribution in [0.2, 0.25) is 0 Å². The lowest BCUT2D eigenvalue weighted by molar-refractivity contribution is -0.111. The molecule has 0 aliphatic heterocycles. The molecule has 0 spiro atoms. The van der Waals surface area contributed by atoms with E-state index < -0.39 is 22.0 Å². The largest absolute Gasteiger partial charge is 0.393 e. The Bertz CT molecular complexity index is 1190. The van der Waals surface area contributed by atoms with E-state index in [0.29, 0.717) is 45.6 Å². The number of carbonyl (C=O) groups is 1. The Morgan fingerprint density at radius 1 is 1.12 bits per heavy atom. The minimum absolute atomic E-state index is 0.00796. The minimum atomic E-state index is -3.29. The zero-order valence-corrected chi connectivity index (χ0v) is 20.6. The van der Waals surface area contributed by atoms with E-state index in [1.807, 2.05) is 6.08 Å². The molecule has 5 rings (SSSR count). The Morgan fingerprint density at radius 3 is 2.38 bits per heavy atom. The highest BCUT2D eigenvalue weighted by molar-refractivity contribution is 7.92. The second kappa shape index (κ2) is 9.18. The molecule has 7 nitrogen and oxygen atoms in total. The van der Waals surface area contributed by atoms with Crippen LogP contribution < -0.4 is 5.32 Å². The summed E-state index contributed by atoms with van der Waals surface area (Å²) in [5.41, 5.74) is 0.179. The van der Waals surface area contributed by atoms with Gasteiger partial charge in [0, 0.05) is 11.0 Å². The molecule has 3 aliphatic rings. The lowest BCUT2D eigenvalue weighted by Gasteiger charge is -2.23. The van der Waals surface area contributed by atoms with Gasteiger partial charge in [0.15, 0.2) is 15.0 Å². The molecule has 182 valence electrons. The number of sulfone groups is 1. The van der Waals surface area contributed by atoms with Gasteiger partial charge in [-0.3, -0.25) is 10.1 Å². The van der Waals surface area contributed by atoms with Gasteiger partial charge in [-0.1, -0.05) is 31.1 Å². The number of aliphatic hydroxyl groups excluding tert-OH is 1. The van der Waals surface area contributed by atoms with Crippen LogP contribution in [0.25, 0.3) is 5.57 Å². The molecule has 0 saturated heterocycles. The second-order valence-corrected chi connectivity index (χ2v) is 12.8. The van der Waals surface area contributed by atoms with Crippen molar-refractivity contribution in [2.45, 2.75) is 67.1 Å². The number of carbonyl (C=O) groups excluding carboxylic acids is 1. The molecule has 1 unspecified atom stereocenters. The van der Waals surface area contributed by atoms with Crippen molar-refractivity contribution in [2.75, 3.05) is 11.9 Å². The minimum Gasteiger partial charge on any atom is -0.393 e. The van der Waals surface area contributed by atoms with Crippen LogP contribution in [0.1, 0.15) is 62.6 Å². The number of amides is 1. The van der Waals surface area contributed by atoms with Gasteiger partial charge in [-0.25, -0.2) is 13.4 Å². The number of aliphatic hydroxyl groups is 2. The van der Waals surface area contributed by atoms with Crippen molar-refractivity contribution in [1.82, 2.24) is 4.98 Å². The van der Waals surface area contributed by atoms with Crippen LogP contribution in [0.5, 0.6) is 0 Å². The predicted octanol–water partition coefficient (Wildman–Crippen LogP) is 3.88. The maximum absolute atomic E-state index is 13.3. The summed E-state index contributed by atoms with van der Waals surface area (Å²) in [5.74, 6) is -0.0206. The van der Waals surface area contributed by atoms with Gasteiger partial charge in [-0.05, 0) is 68.1 Å². The molecule has 0 radical (unpaired) electrons. The van der Waals surface area contributed by atoms with E-state index in [0.717, 1.165) is 38.5 Å². The molecule has 34 heavy (non-hydrogen) atoms. The fourth-order valence-corrected chi connectivity index (χ4v) is 7.17. The van der Waals surface area contributed by atoms with Gasteiger partial charge in [-0.2, -0.15) is 0 Å². The van der Waals surface area contributed by atoms with E-state index >= 15 is 0 Å². The molecule has 1 heterocycles. The molecular weight excluding hydrogens is 472 g/mol. The summed E-state index contributed by atoms with van der Waals surface area (Å²) >= 11 is 1.22. The molecule has 3 saturated carbocycles. The number of hydrogen-bond acceptors (Lipinski definition) is 7. The van der Waals surface area contributed by atoms with Crippen molar-refractivity contribution in [1.29, 1.82) is 0 Å². The Hall–Kier alpha value is -2.07. The number of benzene rings is 1.